The lowest BCUT2D eigenvalue weighted by Crippen LogP contribution is -2.47. The Labute approximate surface area is 125 Å². The molecule has 1 aliphatic heterocycles. The molecule has 1 aromatic rings. The number of hydrogen-bond donors (Lipinski definition) is 1. The monoisotopic (exact) mass is 290 g/mol. The standard InChI is InChI=1S/C16H22N2O3/c1-3-5-14-11(2)6-4-9-18(14)15(19)13-10-12(16(20)21)7-8-17-13/h7-8,10-11,14H,3-6,9H2,1-2H3,(H,20,21). The largest absolute Gasteiger partial charge is 0.478 e. The topological polar surface area (TPSA) is 70.5 Å². The third kappa shape index (κ3) is 3.40. The second-order valence-corrected chi connectivity index (χ2v) is 5.71. The van der Waals surface area contributed by atoms with Crippen LogP contribution in [-0.2, 0) is 0 Å². The summed E-state index contributed by atoms with van der Waals surface area (Å²) in [6.07, 6.45) is 5.52. The summed E-state index contributed by atoms with van der Waals surface area (Å²) in [5.74, 6) is -0.711. The van der Waals surface area contributed by atoms with Crippen molar-refractivity contribution in [2.45, 2.75) is 45.6 Å². The number of pyridine rings is 1. The zero-order valence-electron chi connectivity index (χ0n) is 12.6. The zero-order chi connectivity index (χ0) is 15.4. The maximum Gasteiger partial charge on any atom is 0.335 e. The number of aromatic carboxylic acids is 1. The van der Waals surface area contributed by atoms with Crippen LogP contribution in [0.25, 0.3) is 0 Å². The summed E-state index contributed by atoms with van der Waals surface area (Å²) in [5, 5.41) is 9.03. The average Bonchev–Trinajstić information content (AvgIpc) is 2.49. The molecule has 5 nitrogen and oxygen atoms in total. The number of rotatable bonds is 4. The molecule has 2 heterocycles. The Morgan fingerprint density at radius 2 is 2.24 bits per heavy atom. The Morgan fingerprint density at radius 1 is 1.48 bits per heavy atom. The van der Waals surface area contributed by atoms with Crippen molar-refractivity contribution in [2.24, 2.45) is 5.92 Å². The Balaban J connectivity index is 2.24. The third-order valence-corrected chi connectivity index (χ3v) is 4.19. The Kier molecular flexibility index (Phi) is 4.94. The highest BCUT2D eigenvalue weighted by atomic mass is 16.4. The van der Waals surface area contributed by atoms with Gasteiger partial charge in [-0.05, 0) is 37.3 Å². The minimum absolute atomic E-state index is 0.102. The van der Waals surface area contributed by atoms with Crippen LogP contribution in [0.3, 0.4) is 0 Å². The lowest BCUT2D eigenvalue weighted by atomic mass is 9.87. The molecule has 1 saturated heterocycles. The van der Waals surface area contributed by atoms with Crippen LogP contribution in [0.4, 0.5) is 0 Å². The quantitative estimate of drug-likeness (QED) is 0.925. The molecule has 0 aliphatic carbocycles. The molecule has 0 radical (unpaired) electrons. The van der Waals surface area contributed by atoms with Crippen LogP contribution in [0.5, 0.6) is 0 Å². The summed E-state index contributed by atoms with van der Waals surface area (Å²) in [7, 11) is 0. The van der Waals surface area contributed by atoms with E-state index in [0.29, 0.717) is 5.92 Å². The van der Waals surface area contributed by atoms with Crippen molar-refractivity contribution in [3.8, 4) is 0 Å². The van der Waals surface area contributed by atoms with Gasteiger partial charge in [0.1, 0.15) is 5.69 Å². The number of nitrogens with zero attached hydrogens (tertiary/aromatic N) is 2. The van der Waals surface area contributed by atoms with Crippen LogP contribution in [0.2, 0.25) is 0 Å². The molecule has 1 amide bonds. The molecule has 0 bridgehead atoms. The van der Waals surface area contributed by atoms with Crippen LogP contribution in [0.1, 0.15) is 60.4 Å². The fourth-order valence-electron chi connectivity index (χ4n) is 3.06. The van der Waals surface area contributed by atoms with Gasteiger partial charge >= 0.3 is 5.97 Å². The van der Waals surface area contributed by atoms with Gasteiger partial charge in [-0.3, -0.25) is 9.78 Å². The van der Waals surface area contributed by atoms with Crippen molar-refractivity contribution in [1.29, 1.82) is 0 Å². The SMILES string of the molecule is CCCC1C(C)CCCN1C(=O)c1cc(C(=O)O)ccn1. The van der Waals surface area contributed by atoms with E-state index in [4.69, 9.17) is 5.11 Å². The molecule has 2 atom stereocenters. The van der Waals surface area contributed by atoms with E-state index in [2.05, 4.69) is 18.8 Å². The number of hydrogen-bond acceptors (Lipinski definition) is 3. The van der Waals surface area contributed by atoms with Crippen molar-refractivity contribution in [1.82, 2.24) is 9.88 Å². The predicted molar refractivity (Wildman–Crippen MR) is 79.3 cm³/mol. The minimum Gasteiger partial charge on any atom is -0.478 e. The van der Waals surface area contributed by atoms with E-state index in [1.807, 2.05) is 4.90 Å². The van der Waals surface area contributed by atoms with E-state index in [0.717, 1.165) is 32.2 Å². The van der Waals surface area contributed by atoms with Gasteiger partial charge < -0.3 is 10.0 Å². The van der Waals surface area contributed by atoms with E-state index in [9.17, 15) is 9.59 Å². The van der Waals surface area contributed by atoms with Gasteiger partial charge in [0.2, 0.25) is 0 Å². The molecule has 1 fully saturated rings. The number of carboxylic acids is 1. The Hall–Kier alpha value is -1.91. The number of aromatic nitrogens is 1. The number of likely N-dealkylation sites (tertiary alicyclic amines) is 1. The van der Waals surface area contributed by atoms with Gasteiger partial charge in [0, 0.05) is 18.8 Å². The van der Waals surface area contributed by atoms with Gasteiger partial charge in [-0.2, -0.15) is 0 Å². The van der Waals surface area contributed by atoms with Crippen LogP contribution in [0.15, 0.2) is 18.3 Å². The molecular weight excluding hydrogens is 268 g/mol. The van der Waals surface area contributed by atoms with Crippen LogP contribution < -0.4 is 0 Å². The minimum atomic E-state index is -1.04. The lowest BCUT2D eigenvalue weighted by Gasteiger charge is -2.40. The number of carbonyl (C=O) groups is 2. The number of carbonyl (C=O) groups excluding carboxylic acids is 1. The fourth-order valence-corrected chi connectivity index (χ4v) is 3.06. The first-order valence-corrected chi connectivity index (χ1v) is 7.55. The van der Waals surface area contributed by atoms with Crippen molar-refractivity contribution in [2.75, 3.05) is 6.54 Å². The van der Waals surface area contributed by atoms with Crippen molar-refractivity contribution in [3.63, 3.8) is 0 Å². The Morgan fingerprint density at radius 3 is 2.90 bits per heavy atom. The highest BCUT2D eigenvalue weighted by Gasteiger charge is 2.32. The second kappa shape index (κ2) is 6.70. The van der Waals surface area contributed by atoms with Crippen molar-refractivity contribution >= 4 is 11.9 Å². The highest BCUT2D eigenvalue weighted by Crippen LogP contribution is 2.27. The second-order valence-electron chi connectivity index (χ2n) is 5.71. The molecule has 1 aromatic heterocycles. The summed E-state index contributed by atoms with van der Waals surface area (Å²) >= 11 is 0. The summed E-state index contributed by atoms with van der Waals surface area (Å²) < 4.78 is 0. The number of carboxylic acid groups (broad SMARTS) is 1. The molecular formula is C16H22N2O3. The first-order chi connectivity index (χ1) is 10.0. The molecule has 2 unspecified atom stereocenters. The molecule has 0 spiro atoms. The third-order valence-electron chi connectivity index (χ3n) is 4.19. The van der Waals surface area contributed by atoms with Crippen LogP contribution in [0, 0.1) is 5.92 Å². The smallest absolute Gasteiger partial charge is 0.335 e. The van der Waals surface area contributed by atoms with Gasteiger partial charge in [-0.25, -0.2) is 4.79 Å². The summed E-state index contributed by atoms with van der Waals surface area (Å²) in [6.45, 7) is 5.03. The predicted octanol–water partition coefficient (Wildman–Crippen LogP) is 2.82. The zero-order valence-corrected chi connectivity index (χ0v) is 12.6. The van der Waals surface area contributed by atoms with Gasteiger partial charge in [0.15, 0.2) is 0 Å². The summed E-state index contributed by atoms with van der Waals surface area (Å²) in [5.41, 5.74) is 0.329. The molecule has 5 heteroatoms. The van der Waals surface area contributed by atoms with E-state index in [1.165, 1.54) is 18.3 Å². The van der Waals surface area contributed by atoms with E-state index >= 15 is 0 Å². The summed E-state index contributed by atoms with van der Waals surface area (Å²) in [6, 6.07) is 3.00. The number of amides is 1. The normalized spacial score (nSPS) is 22.1. The maximum absolute atomic E-state index is 12.7. The van der Waals surface area contributed by atoms with Gasteiger partial charge in [-0.15, -0.1) is 0 Å². The first-order valence-electron chi connectivity index (χ1n) is 7.55. The van der Waals surface area contributed by atoms with Crippen molar-refractivity contribution < 1.29 is 14.7 Å². The molecule has 1 aliphatic rings. The molecule has 2 rings (SSSR count). The van der Waals surface area contributed by atoms with Crippen molar-refractivity contribution in [3.05, 3.63) is 29.6 Å². The van der Waals surface area contributed by atoms with Crippen LogP contribution >= 0.6 is 0 Å². The average molecular weight is 290 g/mol. The van der Waals surface area contributed by atoms with E-state index in [-0.39, 0.29) is 23.2 Å². The van der Waals surface area contributed by atoms with Gasteiger partial charge in [0.05, 0.1) is 5.56 Å². The van der Waals surface area contributed by atoms with Crippen LogP contribution in [-0.4, -0.2) is 39.5 Å². The van der Waals surface area contributed by atoms with Gasteiger partial charge in [-0.1, -0.05) is 20.3 Å². The molecule has 1 N–H and O–H groups in total. The maximum atomic E-state index is 12.7. The molecule has 0 aromatic carbocycles. The first kappa shape index (κ1) is 15.5. The molecule has 114 valence electrons. The summed E-state index contributed by atoms with van der Waals surface area (Å²) in [4.78, 5) is 29.6. The molecule has 21 heavy (non-hydrogen) atoms. The number of piperidine rings is 1. The highest BCUT2D eigenvalue weighted by molar-refractivity contribution is 5.96. The Bertz CT molecular complexity index is 530. The van der Waals surface area contributed by atoms with E-state index < -0.39 is 5.97 Å². The fraction of sp³-hybridized carbons (Fsp3) is 0.562. The van der Waals surface area contributed by atoms with E-state index in [1.54, 1.807) is 0 Å². The van der Waals surface area contributed by atoms with Gasteiger partial charge in [0.25, 0.3) is 5.91 Å². The lowest BCUT2D eigenvalue weighted by molar-refractivity contribution is 0.0491. The molecule has 0 saturated carbocycles.